The summed E-state index contributed by atoms with van der Waals surface area (Å²) in [6.07, 6.45) is 10.6. The Balaban J connectivity index is 1.44. The smallest absolute Gasteiger partial charge is 0.321 e. The Hall–Kier alpha value is -2.24. The molecule has 0 spiro atoms. The third-order valence-electron chi connectivity index (χ3n) is 10.2. The minimum Gasteiger partial charge on any atom is -0.480 e. The maximum absolute atomic E-state index is 13.6. The standard InChI is InChI=1S/C28H45N5O5S/c1-27(2)20-13-14-28(27,3)23(16-20)31-25(34)22(15-18-7-5-4-6-8-18)33-39(37,38)32-21(26(35)36)11-9-19-10-12-24(29)30-17-19/h10,12,17-18,20-23,32-33H,4-9,11,13-16H2,1-3H3,(H2,29,30)(H,31,34)(H,35,36)/t20-,21?,22+,23+,28+/m1/s1. The lowest BCUT2D eigenvalue weighted by molar-refractivity contribution is -0.139. The normalized spacial score (nSPS) is 28.2. The van der Waals surface area contributed by atoms with Crippen molar-refractivity contribution in [2.75, 3.05) is 5.73 Å². The average molecular weight is 564 g/mol. The number of carboxylic acids is 1. The van der Waals surface area contributed by atoms with Crippen LogP contribution in [0, 0.1) is 22.7 Å². The Morgan fingerprint density at radius 2 is 1.79 bits per heavy atom. The highest BCUT2D eigenvalue weighted by molar-refractivity contribution is 7.87. The monoisotopic (exact) mass is 563 g/mol. The molecule has 39 heavy (non-hydrogen) atoms. The van der Waals surface area contributed by atoms with E-state index in [0.29, 0.717) is 24.6 Å². The molecule has 11 heteroatoms. The van der Waals surface area contributed by atoms with Crippen LogP contribution >= 0.6 is 0 Å². The lowest BCUT2D eigenvalue weighted by atomic mass is 9.69. The number of fused-ring (bicyclic) bond motifs is 2. The van der Waals surface area contributed by atoms with E-state index in [2.05, 4.69) is 40.5 Å². The summed E-state index contributed by atoms with van der Waals surface area (Å²) in [5.74, 6) is -0.466. The molecule has 1 amide bonds. The quantitative estimate of drug-likeness (QED) is 0.261. The van der Waals surface area contributed by atoms with Gasteiger partial charge in [0.05, 0.1) is 0 Å². The summed E-state index contributed by atoms with van der Waals surface area (Å²) < 4.78 is 31.2. The van der Waals surface area contributed by atoms with Gasteiger partial charge in [0.2, 0.25) is 5.91 Å². The number of rotatable bonds is 12. The van der Waals surface area contributed by atoms with Crippen LogP contribution in [0.1, 0.15) is 90.5 Å². The highest BCUT2D eigenvalue weighted by Crippen LogP contribution is 2.65. The van der Waals surface area contributed by atoms with Gasteiger partial charge in [0.25, 0.3) is 10.2 Å². The SMILES string of the molecule is CC1(C)[C@@H]2CC[C@@]1(C)[C@@H](NC(=O)[C@H](CC1CCCCC1)NS(=O)(=O)NC(CCc1ccc(N)nc1)C(=O)O)C2. The highest BCUT2D eigenvalue weighted by Gasteiger charge is 2.61. The topological polar surface area (TPSA) is 164 Å². The largest absolute Gasteiger partial charge is 0.480 e. The Labute approximate surface area is 232 Å². The van der Waals surface area contributed by atoms with Crippen LogP contribution < -0.4 is 20.5 Å². The van der Waals surface area contributed by atoms with Crippen molar-refractivity contribution in [1.29, 1.82) is 0 Å². The van der Waals surface area contributed by atoms with E-state index in [0.717, 1.165) is 56.9 Å². The minimum absolute atomic E-state index is 0.00893. The van der Waals surface area contributed by atoms with E-state index in [4.69, 9.17) is 5.73 Å². The number of hydrogen-bond acceptors (Lipinski definition) is 6. The number of carboxylic acid groups (broad SMARTS) is 1. The van der Waals surface area contributed by atoms with E-state index < -0.39 is 28.3 Å². The molecule has 1 unspecified atom stereocenters. The number of nitrogen functional groups attached to an aromatic ring is 1. The summed E-state index contributed by atoms with van der Waals surface area (Å²) in [6, 6.07) is 1.01. The summed E-state index contributed by atoms with van der Waals surface area (Å²) in [6.45, 7) is 6.78. The van der Waals surface area contributed by atoms with Gasteiger partial charge >= 0.3 is 5.97 Å². The van der Waals surface area contributed by atoms with Gasteiger partial charge in [-0.25, -0.2) is 4.98 Å². The van der Waals surface area contributed by atoms with Crippen molar-refractivity contribution in [1.82, 2.24) is 19.7 Å². The fourth-order valence-electron chi connectivity index (χ4n) is 7.20. The first-order valence-corrected chi connectivity index (χ1v) is 15.8. The van der Waals surface area contributed by atoms with Crippen molar-refractivity contribution in [3.8, 4) is 0 Å². The number of nitrogens with zero attached hydrogens (tertiary/aromatic N) is 1. The molecule has 1 aromatic heterocycles. The van der Waals surface area contributed by atoms with Gasteiger partial charge in [-0.05, 0) is 72.8 Å². The second-order valence-corrected chi connectivity index (χ2v) is 14.2. The predicted octanol–water partition coefficient (Wildman–Crippen LogP) is 3.14. The third kappa shape index (κ3) is 6.74. The summed E-state index contributed by atoms with van der Waals surface area (Å²) in [4.78, 5) is 29.6. The molecular formula is C28H45N5O5S. The lowest BCUT2D eigenvalue weighted by Gasteiger charge is -2.40. The predicted molar refractivity (Wildman–Crippen MR) is 150 cm³/mol. The van der Waals surface area contributed by atoms with Crippen LogP contribution in [-0.4, -0.2) is 48.5 Å². The summed E-state index contributed by atoms with van der Waals surface area (Å²) in [5, 5.41) is 12.9. The van der Waals surface area contributed by atoms with E-state index in [1.807, 2.05) is 0 Å². The minimum atomic E-state index is -4.29. The molecule has 1 aromatic rings. The van der Waals surface area contributed by atoms with Gasteiger partial charge in [0, 0.05) is 12.2 Å². The fourth-order valence-corrected chi connectivity index (χ4v) is 8.43. The van der Waals surface area contributed by atoms with Gasteiger partial charge < -0.3 is 16.2 Å². The molecule has 0 aromatic carbocycles. The van der Waals surface area contributed by atoms with Crippen LogP contribution in [0.4, 0.5) is 5.82 Å². The maximum atomic E-state index is 13.6. The molecular weight excluding hydrogens is 518 g/mol. The van der Waals surface area contributed by atoms with E-state index in [1.165, 1.54) is 0 Å². The number of carbonyl (C=O) groups is 2. The van der Waals surface area contributed by atoms with Crippen molar-refractivity contribution < 1.29 is 23.1 Å². The molecule has 10 nitrogen and oxygen atoms in total. The Kier molecular flexibility index (Phi) is 8.92. The molecule has 3 fully saturated rings. The molecule has 3 aliphatic rings. The third-order valence-corrected chi connectivity index (χ3v) is 11.4. The molecule has 0 radical (unpaired) electrons. The van der Waals surface area contributed by atoms with Crippen LogP contribution in [0.25, 0.3) is 0 Å². The van der Waals surface area contributed by atoms with Gasteiger partial charge in [-0.2, -0.15) is 17.9 Å². The number of anilines is 1. The van der Waals surface area contributed by atoms with Gasteiger partial charge in [-0.15, -0.1) is 0 Å². The molecule has 1 heterocycles. The second-order valence-electron chi connectivity index (χ2n) is 12.7. The first kappa shape index (κ1) is 29.7. The first-order valence-electron chi connectivity index (χ1n) is 14.3. The number of pyridine rings is 1. The Morgan fingerprint density at radius 3 is 2.36 bits per heavy atom. The fraction of sp³-hybridized carbons (Fsp3) is 0.750. The number of nitrogens with two attached hydrogens (primary N) is 1. The van der Waals surface area contributed by atoms with Crippen LogP contribution in [-0.2, 0) is 26.2 Å². The van der Waals surface area contributed by atoms with Crippen LogP contribution in [0.2, 0.25) is 0 Å². The zero-order valence-electron chi connectivity index (χ0n) is 23.4. The zero-order valence-corrected chi connectivity index (χ0v) is 24.2. The van der Waals surface area contributed by atoms with Crippen molar-refractivity contribution in [3.05, 3.63) is 23.9 Å². The number of aliphatic carboxylic acids is 1. The van der Waals surface area contributed by atoms with Crippen LogP contribution in [0.3, 0.4) is 0 Å². The van der Waals surface area contributed by atoms with Gasteiger partial charge in [0.1, 0.15) is 17.9 Å². The first-order chi connectivity index (χ1) is 18.3. The lowest BCUT2D eigenvalue weighted by Crippen LogP contribution is -2.57. The van der Waals surface area contributed by atoms with E-state index in [9.17, 15) is 23.1 Å². The number of carbonyl (C=O) groups excluding carboxylic acids is 1. The van der Waals surface area contributed by atoms with E-state index in [-0.39, 0.29) is 35.1 Å². The van der Waals surface area contributed by atoms with Crippen molar-refractivity contribution >= 4 is 27.9 Å². The maximum Gasteiger partial charge on any atom is 0.321 e. The summed E-state index contributed by atoms with van der Waals surface area (Å²) >= 11 is 0. The van der Waals surface area contributed by atoms with Crippen LogP contribution in [0.15, 0.2) is 18.3 Å². The molecule has 5 atom stereocenters. The second kappa shape index (κ2) is 11.7. The molecule has 6 N–H and O–H groups in total. The highest BCUT2D eigenvalue weighted by atomic mass is 32.2. The number of aromatic nitrogens is 1. The van der Waals surface area contributed by atoms with Gasteiger partial charge in [0.15, 0.2) is 0 Å². The summed E-state index contributed by atoms with van der Waals surface area (Å²) in [5.41, 5.74) is 6.43. The Bertz CT molecular complexity index is 1140. The number of nitrogens with one attached hydrogen (secondary N) is 3. The summed E-state index contributed by atoms with van der Waals surface area (Å²) in [7, 11) is -4.29. The number of hydrogen-bond donors (Lipinski definition) is 5. The van der Waals surface area contributed by atoms with E-state index in [1.54, 1.807) is 18.3 Å². The molecule has 4 rings (SSSR count). The van der Waals surface area contributed by atoms with Crippen molar-refractivity contribution in [3.63, 3.8) is 0 Å². The average Bonchev–Trinajstić information content (AvgIpc) is 3.21. The number of amides is 1. The molecule has 3 saturated carbocycles. The van der Waals surface area contributed by atoms with Gasteiger partial charge in [-0.1, -0.05) is 58.9 Å². The Morgan fingerprint density at radius 1 is 1.10 bits per heavy atom. The van der Waals surface area contributed by atoms with Gasteiger partial charge in [-0.3, -0.25) is 9.59 Å². The molecule has 2 bridgehead atoms. The van der Waals surface area contributed by atoms with E-state index >= 15 is 0 Å². The molecule has 218 valence electrons. The van der Waals surface area contributed by atoms with Crippen LogP contribution in [0.5, 0.6) is 0 Å². The molecule has 0 aliphatic heterocycles. The zero-order chi connectivity index (χ0) is 28.4. The van der Waals surface area contributed by atoms with Crippen molar-refractivity contribution in [2.24, 2.45) is 22.7 Å². The molecule has 3 aliphatic carbocycles. The van der Waals surface area contributed by atoms with Crippen molar-refractivity contribution in [2.45, 2.75) is 110 Å². The molecule has 0 saturated heterocycles. The number of aryl methyl sites for hydroxylation is 1.